The Balaban J connectivity index is 0.000000277. The minimum absolute atomic E-state index is 0.0445. The Bertz CT molecular complexity index is 1150. The van der Waals surface area contributed by atoms with Gasteiger partial charge in [-0.3, -0.25) is 19.1 Å². The highest BCUT2D eigenvalue weighted by Gasteiger charge is 2.36. The monoisotopic (exact) mass is 488 g/mol. The van der Waals surface area contributed by atoms with Crippen LogP contribution >= 0.6 is 7.60 Å². The molecule has 0 radical (unpaired) electrons. The summed E-state index contributed by atoms with van der Waals surface area (Å²) in [5.41, 5.74) is 6.91. The molecule has 2 aromatic rings. The van der Waals surface area contributed by atoms with Gasteiger partial charge < -0.3 is 14.8 Å². The average molecular weight is 489 g/mol. The molecule has 0 saturated carbocycles. The van der Waals surface area contributed by atoms with Crippen molar-refractivity contribution in [3.05, 3.63) is 54.3 Å². The lowest BCUT2D eigenvalue weighted by Gasteiger charge is -2.40. The van der Waals surface area contributed by atoms with Crippen molar-refractivity contribution >= 4 is 35.9 Å². The topological polar surface area (TPSA) is 115 Å². The van der Waals surface area contributed by atoms with Gasteiger partial charge in [-0.2, -0.15) is 4.62 Å². The van der Waals surface area contributed by atoms with Crippen LogP contribution in [0.15, 0.2) is 43.1 Å². The molecule has 3 N–H and O–H groups in total. The molecule has 1 aliphatic carbocycles. The number of benzene rings is 1. The van der Waals surface area contributed by atoms with Crippen molar-refractivity contribution in [2.45, 2.75) is 26.3 Å². The molecule has 0 fully saturated rings. The molecule has 1 unspecified atom stereocenters. The molecule has 3 atom stereocenters. The molecule has 0 spiro atoms. The summed E-state index contributed by atoms with van der Waals surface area (Å²) in [6.45, 7) is 10.5. The zero-order valence-electron chi connectivity index (χ0n) is 20.1. The van der Waals surface area contributed by atoms with Gasteiger partial charge in [-0.1, -0.05) is 24.8 Å². The highest BCUT2D eigenvalue weighted by atomic mass is 31.2. The maximum absolute atomic E-state index is 12.9. The quantitative estimate of drug-likeness (QED) is 0.327. The lowest BCUT2D eigenvalue weighted by atomic mass is 9.79. The first-order chi connectivity index (χ1) is 16.1. The fraction of sp³-hybridized carbons (Fsp3) is 0.417. The zero-order chi connectivity index (χ0) is 25.0. The van der Waals surface area contributed by atoms with E-state index in [1.165, 1.54) is 27.6 Å². The molecule has 4 rings (SSSR count). The molecule has 0 bridgehead atoms. The van der Waals surface area contributed by atoms with Crippen LogP contribution < -0.4 is 5.48 Å². The number of hydrogen-bond donors (Lipinski definition) is 3. The number of nitrogens with one attached hydrogen (secondary N) is 2. The Morgan fingerprint density at radius 2 is 2.09 bits per heavy atom. The number of fused-ring (bicyclic) bond motifs is 2. The van der Waals surface area contributed by atoms with Crippen LogP contribution in [0.2, 0.25) is 0 Å². The van der Waals surface area contributed by atoms with E-state index in [9.17, 15) is 14.2 Å². The van der Waals surface area contributed by atoms with Gasteiger partial charge in [0.25, 0.3) is 5.91 Å². The number of amides is 2. The van der Waals surface area contributed by atoms with E-state index in [-0.39, 0.29) is 11.8 Å². The minimum atomic E-state index is -3.61. The number of rotatable bonds is 6. The SMILES string of the molecule is C=CC(=O)NOP(C)(=O)O.CCN(CC)C(=O)[C@@H]1C=C2c3cccc4[nH]cc(c34)C[C@H]2N(C)C1. The number of hydroxylamine groups is 1. The van der Waals surface area contributed by atoms with Crippen molar-refractivity contribution < 1.29 is 23.7 Å². The number of hydrogen-bond acceptors (Lipinski definition) is 5. The second-order valence-electron chi connectivity index (χ2n) is 8.51. The van der Waals surface area contributed by atoms with Crippen LogP contribution in [0, 0.1) is 5.92 Å². The molecule has 2 heterocycles. The summed E-state index contributed by atoms with van der Waals surface area (Å²) >= 11 is 0. The van der Waals surface area contributed by atoms with Crippen molar-refractivity contribution in [3.8, 4) is 0 Å². The van der Waals surface area contributed by atoms with Gasteiger partial charge in [0.2, 0.25) is 5.91 Å². The molecule has 34 heavy (non-hydrogen) atoms. The van der Waals surface area contributed by atoms with Crippen molar-refractivity contribution in [1.82, 2.24) is 20.3 Å². The molecule has 184 valence electrons. The summed E-state index contributed by atoms with van der Waals surface area (Å²) in [5.74, 6) is -0.446. The van der Waals surface area contributed by atoms with E-state index in [0.717, 1.165) is 38.8 Å². The van der Waals surface area contributed by atoms with Crippen LogP contribution in [0.5, 0.6) is 0 Å². The Morgan fingerprint density at radius 3 is 2.71 bits per heavy atom. The molecular formula is C24H33N4O5P. The van der Waals surface area contributed by atoms with Gasteiger partial charge in [0.1, 0.15) is 0 Å². The fourth-order valence-corrected chi connectivity index (χ4v) is 4.81. The van der Waals surface area contributed by atoms with Crippen molar-refractivity contribution in [2.24, 2.45) is 5.92 Å². The smallest absolute Gasteiger partial charge is 0.346 e. The Kier molecular flexibility index (Phi) is 8.15. The summed E-state index contributed by atoms with van der Waals surface area (Å²) in [6.07, 6.45) is 6.34. The second kappa shape index (κ2) is 10.7. The van der Waals surface area contributed by atoms with Crippen LogP contribution in [0.3, 0.4) is 0 Å². The van der Waals surface area contributed by atoms with Gasteiger partial charge in [-0.25, -0.2) is 5.48 Å². The van der Waals surface area contributed by atoms with E-state index in [2.05, 4.69) is 72.5 Å². The van der Waals surface area contributed by atoms with Gasteiger partial charge >= 0.3 is 7.60 Å². The molecular weight excluding hydrogens is 455 g/mol. The second-order valence-corrected chi connectivity index (χ2v) is 10.3. The maximum atomic E-state index is 12.9. The molecule has 10 heteroatoms. The van der Waals surface area contributed by atoms with E-state index >= 15 is 0 Å². The molecule has 1 aromatic heterocycles. The molecule has 1 aromatic carbocycles. The number of aromatic nitrogens is 1. The van der Waals surface area contributed by atoms with Gasteiger partial charge in [0.15, 0.2) is 0 Å². The third-order valence-corrected chi connectivity index (χ3v) is 6.59. The third-order valence-electron chi connectivity index (χ3n) is 6.16. The van der Waals surface area contributed by atoms with Crippen LogP contribution in [-0.4, -0.2) is 70.9 Å². The number of nitrogens with zero attached hydrogens (tertiary/aromatic N) is 2. The fourth-order valence-electron chi connectivity index (χ4n) is 4.55. The first-order valence-electron chi connectivity index (χ1n) is 11.3. The summed E-state index contributed by atoms with van der Waals surface area (Å²) in [6, 6.07) is 6.82. The molecule has 1 aliphatic heterocycles. The number of carbonyl (C=O) groups excluding carboxylic acids is 2. The molecule has 0 saturated heterocycles. The molecule has 2 amide bonds. The van der Waals surface area contributed by atoms with E-state index in [0.29, 0.717) is 6.04 Å². The van der Waals surface area contributed by atoms with E-state index < -0.39 is 13.5 Å². The highest BCUT2D eigenvalue weighted by molar-refractivity contribution is 7.51. The van der Waals surface area contributed by atoms with Crippen molar-refractivity contribution in [3.63, 3.8) is 0 Å². The normalized spacial score (nSPS) is 20.8. The van der Waals surface area contributed by atoms with Crippen LogP contribution in [0.4, 0.5) is 0 Å². The molecule has 9 nitrogen and oxygen atoms in total. The number of carbonyl (C=O) groups is 2. The van der Waals surface area contributed by atoms with Gasteiger partial charge in [0.05, 0.1) is 5.92 Å². The van der Waals surface area contributed by atoms with Crippen molar-refractivity contribution in [2.75, 3.05) is 33.3 Å². The predicted molar refractivity (Wildman–Crippen MR) is 133 cm³/mol. The maximum Gasteiger partial charge on any atom is 0.346 e. The summed E-state index contributed by atoms with van der Waals surface area (Å²) < 4.78 is 14.3. The average Bonchev–Trinajstić information content (AvgIpc) is 3.23. The molecule has 2 aliphatic rings. The Hall–Kier alpha value is -2.71. The standard InChI is InChI=1S/C20H25N3O.C4H8NO4P/c1-4-23(5-2)20(24)14-9-16-15-7-6-8-17-19(15)13(11-21-17)10-18(16)22(3)12-14;1-3-4(6)5-9-10(2,7)8/h6-9,11,14,18,21H,4-5,10,12H2,1-3H3;3H,1H2,2H3,(H,5,6)(H,7,8)/t14-,18-;/m1./s1. The van der Waals surface area contributed by atoms with E-state index in [1.54, 1.807) is 5.48 Å². The Labute approximate surface area is 199 Å². The van der Waals surface area contributed by atoms with E-state index in [4.69, 9.17) is 4.89 Å². The van der Waals surface area contributed by atoms with Gasteiger partial charge in [-0.15, -0.1) is 0 Å². The van der Waals surface area contributed by atoms with Crippen molar-refractivity contribution in [1.29, 1.82) is 0 Å². The third kappa shape index (κ3) is 5.67. The van der Waals surface area contributed by atoms with Crippen LogP contribution in [0.1, 0.15) is 25.0 Å². The lowest BCUT2D eigenvalue weighted by molar-refractivity contribution is -0.134. The van der Waals surface area contributed by atoms with E-state index in [1.807, 2.05) is 4.90 Å². The first kappa shape index (κ1) is 25.9. The minimum Gasteiger partial charge on any atom is -0.361 e. The van der Waals surface area contributed by atoms with Gasteiger partial charge in [-0.05, 0) is 56.2 Å². The Morgan fingerprint density at radius 1 is 1.38 bits per heavy atom. The number of H-pyrrole nitrogens is 1. The summed E-state index contributed by atoms with van der Waals surface area (Å²) in [5, 5.41) is 1.34. The lowest BCUT2D eigenvalue weighted by Crippen LogP contribution is -2.47. The summed E-state index contributed by atoms with van der Waals surface area (Å²) in [4.78, 5) is 39.3. The number of aromatic amines is 1. The highest BCUT2D eigenvalue weighted by Crippen LogP contribution is 2.41. The van der Waals surface area contributed by atoms with Crippen LogP contribution in [-0.2, 0) is 25.2 Å². The van der Waals surface area contributed by atoms with Crippen LogP contribution in [0.25, 0.3) is 16.5 Å². The predicted octanol–water partition coefficient (Wildman–Crippen LogP) is 2.94. The first-order valence-corrected chi connectivity index (χ1v) is 13.3. The number of likely N-dealkylation sites (N-methyl/N-ethyl adjacent to an activating group) is 1. The largest absolute Gasteiger partial charge is 0.361 e. The zero-order valence-corrected chi connectivity index (χ0v) is 21.0. The summed E-state index contributed by atoms with van der Waals surface area (Å²) in [7, 11) is -1.46. The van der Waals surface area contributed by atoms with Gasteiger partial charge in [0, 0.05) is 49.4 Å².